The minimum Gasteiger partial charge on any atom is -0.496 e. The van der Waals surface area contributed by atoms with E-state index in [-0.39, 0.29) is 17.7 Å². The Morgan fingerprint density at radius 1 is 1.03 bits per heavy atom. The van der Waals surface area contributed by atoms with E-state index in [1.165, 1.54) is 0 Å². The number of likely N-dealkylation sites (tertiary alicyclic amines) is 1. The standard InChI is InChI=1S/C24H30N2O4/c1-25(18-20-8-6-7-11-22(20)29-2)24(28)19-12-15-26(16-13-19)23(27)14-17-30-21-9-4-3-5-10-21/h3-11,19H,12-18H2,1-2H3. The van der Waals surface area contributed by atoms with Crippen LogP contribution >= 0.6 is 0 Å². The average Bonchev–Trinajstić information content (AvgIpc) is 2.79. The number of piperidine rings is 1. The second-order valence-corrected chi connectivity index (χ2v) is 7.57. The maximum atomic E-state index is 12.9. The highest BCUT2D eigenvalue weighted by molar-refractivity contribution is 5.80. The summed E-state index contributed by atoms with van der Waals surface area (Å²) >= 11 is 0. The van der Waals surface area contributed by atoms with Crippen molar-refractivity contribution in [2.24, 2.45) is 5.92 Å². The van der Waals surface area contributed by atoms with Gasteiger partial charge in [-0.3, -0.25) is 9.59 Å². The second kappa shape index (κ2) is 10.7. The van der Waals surface area contributed by atoms with Crippen molar-refractivity contribution in [3.05, 3.63) is 60.2 Å². The predicted octanol–water partition coefficient (Wildman–Crippen LogP) is 3.36. The molecule has 0 bridgehead atoms. The number of nitrogens with zero attached hydrogens (tertiary/aromatic N) is 2. The summed E-state index contributed by atoms with van der Waals surface area (Å²) in [4.78, 5) is 28.9. The van der Waals surface area contributed by atoms with Crippen LogP contribution in [-0.2, 0) is 16.1 Å². The van der Waals surface area contributed by atoms with Crippen LogP contribution in [0.4, 0.5) is 0 Å². The van der Waals surface area contributed by atoms with Crippen LogP contribution in [0, 0.1) is 5.92 Å². The van der Waals surface area contributed by atoms with Crippen molar-refractivity contribution >= 4 is 11.8 Å². The molecule has 3 rings (SSSR count). The van der Waals surface area contributed by atoms with E-state index in [4.69, 9.17) is 9.47 Å². The first-order valence-corrected chi connectivity index (χ1v) is 10.4. The largest absolute Gasteiger partial charge is 0.496 e. The average molecular weight is 411 g/mol. The third-order valence-corrected chi connectivity index (χ3v) is 5.50. The zero-order valence-electron chi connectivity index (χ0n) is 17.8. The number of rotatable bonds is 8. The minimum absolute atomic E-state index is 0.0469. The van der Waals surface area contributed by atoms with Gasteiger partial charge < -0.3 is 19.3 Å². The second-order valence-electron chi connectivity index (χ2n) is 7.57. The van der Waals surface area contributed by atoms with Gasteiger partial charge in [0.25, 0.3) is 0 Å². The molecule has 0 aromatic heterocycles. The molecular weight excluding hydrogens is 380 g/mol. The highest BCUT2D eigenvalue weighted by atomic mass is 16.5. The number of carbonyl (C=O) groups excluding carboxylic acids is 2. The number of hydrogen-bond donors (Lipinski definition) is 0. The Bertz CT molecular complexity index is 832. The lowest BCUT2D eigenvalue weighted by atomic mass is 9.95. The molecule has 6 heteroatoms. The Kier molecular flexibility index (Phi) is 7.71. The fourth-order valence-electron chi connectivity index (χ4n) is 3.79. The smallest absolute Gasteiger partial charge is 0.225 e. The van der Waals surface area contributed by atoms with Crippen LogP contribution in [0.3, 0.4) is 0 Å². The molecule has 0 N–H and O–H groups in total. The van der Waals surface area contributed by atoms with Crippen molar-refractivity contribution in [3.63, 3.8) is 0 Å². The van der Waals surface area contributed by atoms with E-state index >= 15 is 0 Å². The Morgan fingerprint density at radius 3 is 2.40 bits per heavy atom. The van der Waals surface area contributed by atoms with Crippen molar-refractivity contribution in [2.45, 2.75) is 25.8 Å². The molecule has 0 saturated carbocycles. The van der Waals surface area contributed by atoms with Crippen LogP contribution < -0.4 is 9.47 Å². The van der Waals surface area contributed by atoms with Gasteiger partial charge in [0, 0.05) is 38.2 Å². The van der Waals surface area contributed by atoms with Gasteiger partial charge in [-0.1, -0.05) is 36.4 Å². The van der Waals surface area contributed by atoms with Crippen LogP contribution in [-0.4, -0.2) is 55.5 Å². The third-order valence-electron chi connectivity index (χ3n) is 5.50. The first kappa shape index (κ1) is 21.7. The number of para-hydroxylation sites is 2. The molecule has 1 saturated heterocycles. The maximum absolute atomic E-state index is 12.9. The molecule has 1 heterocycles. The summed E-state index contributed by atoms with van der Waals surface area (Å²) < 4.78 is 11.0. The van der Waals surface area contributed by atoms with Crippen molar-refractivity contribution in [1.82, 2.24) is 9.80 Å². The van der Waals surface area contributed by atoms with Gasteiger partial charge in [0.1, 0.15) is 11.5 Å². The van der Waals surface area contributed by atoms with E-state index in [0.29, 0.717) is 45.5 Å². The van der Waals surface area contributed by atoms with Gasteiger partial charge >= 0.3 is 0 Å². The minimum atomic E-state index is -0.0469. The number of carbonyl (C=O) groups is 2. The van der Waals surface area contributed by atoms with Crippen LogP contribution in [0.1, 0.15) is 24.8 Å². The zero-order chi connectivity index (χ0) is 21.3. The first-order valence-electron chi connectivity index (χ1n) is 10.4. The Balaban J connectivity index is 1.42. The highest BCUT2D eigenvalue weighted by Crippen LogP contribution is 2.23. The van der Waals surface area contributed by atoms with Crippen molar-refractivity contribution in [3.8, 4) is 11.5 Å². The molecule has 0 atom stereocenters. The van der Waals surface area contributed by atoms with Crippen LogP contribution in [0.25, 0.3) is 0 Å². The molecule has 0 radical (unpaired) electrons. The van der Waals surface area contributed by atoms with Gasteiger partial charge in [-0.2, -0.15) is 0 Å². The van der Waals surface area contributed by atoms with Crippen LogP contribution in [0.5, 0.6) is 11.5 Å². The summed E-state index contributed by atoms with van der Waals surface area (Å²) in [7, 11) is 3.46. The Morgan fingerprint density at radius 2 is 1.70 bits per heavy atom. The maximum Gasteiger partial charge on any atom is 0.225 e. The summed E-state index contributed by atoms with van der Waals surface area (Å²) in [5, 5.41) is 0. The molecule has 1 fully saturated rings. The van der Waals surface area contributed by atoms with Crippen LogP contribution in [0.15, 0.2) is 54.6 Å². The Hall–Kier alpha value is -3.02. The molecule has 1 aliphatic heterocycles. The van der Waals surface area contributed by atoms with Gasteiger partial charge in [-0.15, -0.1) is 0 Å². The molecule has 2 amide bonds. The first-order chi connectivity index (χ1) is 14.6. The fraction of sp³-hybridized carbons (Fsp3) is 0.417. The van der Waals surface area contributed by atoms with E-state index in [2.05, 4.69) is 0 Å². The van der Waals surface area contributed by atoms with Crippen molar-refractivity contribution in [2.75, 3.05) is 33.9 Å². The summed E-state index contributed by atoms with van der Waals surface area (Å²) in [5.74, 6) is 1.72. The van der Waals surface area contributed by atoms with E-state index in [1.54, 1.807) is 12.0 Å². The zero-order valence-corrected chi connectivity index (χ0v) is 17.8. The van der Waals surface area contributed by atoms with E-state index in [0.717, 1.165) is 17.1 Å². The van der Waals surface area contributed by atoms with Gasteiger partial charge in [-0.25, -0.2) is 0 Å². The Labute approximate surface area is 178 Å². The lowest BCUT2D eigenvalue weighted by molar-refractivity contribution is -0.140. The van der Waals surface area contributed by atoms with Crippen molar-refractivity contribution < 1.29 is 19.1 Å². The molecule has 6 nitrogen and oxygen atoms in total. The molecule has 0 aliphatic carbocycles. The van der Waals surface area contributed by atoms with Gasteiger partial charge in [0.05, 0.1) is 20.1 Å². The fourth-order valence-corrected chi connectivity index (χ4v) is 3.79. The summed E-state index contributed by atoms with van der Waals surface area (Å²) in [6, 6.07) is 17.2. The molecule has 0 spiro atoms. The molecule has 160 valence electrons. The number of hydrogen-bond acceptors (Lipinski definition) is 4. The third kappa shape index (κ3) is 5.75. The number of amides is 2. The van der Waals surface area contributed by atoms with Crippen molar-refractivity contribution in [1.29, 1.82) is 0 Å². The monoisotopic (exact) mass is 410 g/mol. The quantitative estimate of drug-likeness (QED) is 0.670. The lowest BCUT2D eigenvalue weighted by Gasteiger charge is -2.33. The van der Waals surface area contributed by atoms with E-state index in [1.807, 2.05) is 66.5 Å². The van der Waals surface area contributed by atoms with Crippen LogP contribution in [0.2, 0.25) is 0 Å². The molecule has 30 heavy (non-hydrogen) atoms. The number of benzene rings is 2. The molecule has 2 aromatic rings. The summed E-state index contributed by atoms with van der Waals surface area (Å²) in [6.45, 7) is 2.11. The number of ether oxygens (including phenoxy) is 2. The SMILES string of the molecule is COc1ccccc1CN(C)C(=O)C1CCN(C(=O)CCOc2ccccc2)CC1. The van der Waals surface area contributed by atoms with Gasteiger partial charge in [0.2, 0.25) is 11.8 Å². The molecular formula is C24H30N2O4. The number of methoxy groups -OCH3 is 1. The van der Waals surface area contributed by atoms with E-state index in [9.17, 15) is 9.59 Å². The molecule has 2 aromatic carbocycles. The topological polar surface area (TPSA) is 59.1 Å². The summed E-state index contributed by atoms with van der Waals surface area (Å²) in [5.41, 5.74) is 0.988. The van der Waals surface area contributed by atoms with Gasteiger partial charge in [-0.05, 0) is 31.0 Å². The normalized spacial score (nSPS) is 14.3. The predicted molar refractivity (Wildman–Crippen MR) is 115 cm³/mol. The van der Waals surface area contributed by atoms with Gasteiger partial charge in [0.15, 0.2) is 0 Å². The highest BCUT2D eigenvalue weighted by Gasteiger charge is 2.29. The molecule has 1 aliphatic rings. The van der Waals surface area contributed by atoms with E-state index < -0.39 is 0 Å². The molecule has 0 unspecified atom stereocenters. The summed E-state index contributed by atoms with van der Waals surface area (Å²) in [6.07, 6.45) is 1.74. The lowest BCUT2D eigenvalue weighted by Crippen LogP contribution is -2.43.